The summed E-state index contributed by atoms with van der Waals surface area (Å²) >= 11 is 0. The van der Waals surface area contributed by atoms with Gasteiger partial charge >= 0.3 is 6.36 Å². The summed E-state index contributed by atoms with van der Waals surface area (Å²) in [6.45, 7) is 0.202. The van der Waals surface area contributed by atoms with Crippen LogP contribution in [-0.2, 0) is 38.7 Å². The van der Waals surface area contributed by atoms with E-state index in [2.05, 4.69) is 10.1 Å². The average Bonchev–Trinajstić information content (AvgIpc) is 2.95. The lowest BCUT2D eigenvalue weighted by molar-refractivity contribution is -0.274. The predicted octanol–water partition coefficient (Wildman–Crippen LogP) is 1.12. The number of nitrogens with zero attached hydrogens (tertiary/aromatic N) is 2. The molecule has 2 saturated carbocycles. The van der Waals surface area contributed by atoms with Crippen molar-refractivity contribution in [2.24, 2.45) is 29.4 Å². The van der Waals surface area contributed by atoms with Gasteiger partial charge in [-0.2, -0.15) is 0 Å². The molecule has 47 heavy (non-hydrogen) atoms. The number of aromatic hydroxyl groups is 1. The monoisotopic (exact) mass is 660 g/mol. The Balaban J connectivity index is 1.47. The van der Waals surface area contributed by atoms with Crippen molar-refractivity contribution >= 4 is 34.7 Å². The maximum absolute atomic E-state index is 14.2. The molecule has 3 aliphatic carbocycles. The van der Waals surface area contributed by atoms with Crippen molar-refractivity contribution in [3.05, 3.63) is 52.6 Å². The third-order valence-electron chi connectivity index (χ3n) is 9.40. The van der Waals surface area contributed by atoms with Gasteiger partial charge in [0.05, 0.1) is 17.5 Å². The maximum atomic E-state index is 14.2. The standard InChI is InChI=1S/C32H35F3N4O8/c1-38(2)20-11-16(13-37-12-14-5-7-17(8-6-14)47-32(33,34)35)25(40)22-18(20)9-15-10-19-24(39(3)4)27(42)23(30(36)45)29(44)31(19,46)28(43)21(15)26(22)41/h5-8,11,15,19,21,23-24,37,40,46H,9-10,12-13H2,1-4H3,(H2,36,45)/t15-,19-,21?,23?,24?,31-/m0/s1. The van der Waals surface area contributed by atoms with E-state index in [1.807, 2.05) is 0 Å². The second kappa shape index (κ2) is 12.0. The fourth-order valence-corrected chi connectivity index (χ4v) is 7.39. The summed E-state index contributed by atoms with van der Waals surface area (Å²) in [7, 11) is 6.51. The predicted molar refractivity (Wildman–Crippen MR) is 159 cm³/mol. The van der Waals surface area contributed by atoms with E-state index >= 15 is 0 Å². The zero-order valence-corrected chi connectivity index (χ0v) is 26.1. The molecule has 5 rings (SSSR count). The number of ether oxygens (including phenoxy) is 1. The van der Waals surface area contributed by atoms with E-state index in [1.54, 1.807) is 25.1 Å². The number of Topliss-reactive ketones (excluding diaryl/α,β-unsaturated/α-hetero) is 4. The first-order valence-electron chi connectivity index (χ1n) is 14.8. The van der Waals surface area contributed by atoms with E-state index in [1.165, 1.54) is 43.3 Å². The van der Waals surface area contributed by atoms with E-state index in [0.29, 0.717) is 16.8 Å². The molecule has 2 aromatic carbocycles. The van der Waals surface area contributed by atoms with Crippen LogP contribution in [0.4, 0.5) is 18.9 Å². The Hall–Kier alpha value is -4.34. The number of nitrogens with two attached hydrogens (primary N) is 1. The SMILES string of the molecule is CN(C)c1cc(CNCc2ccc(OC(F)(F)F)cc2)c(O)c2c1C[C@H]1C[C@H]3C(N(C)C)C(=O)C(C(N)=O)C(=O)[C@@]3(O)C(=O)C1C2=O. The van der Waals surface area contributed by atoms with Gasteiger partial charge in [0, 0.05) is 44.4 Å². The summed E-state index contributed by atoms with van der Waals surface area (Å²) in [6, 6.07) is 5.69. The minimum atomic E-state index is -4.82. The quantitative estimate of drug-likeness (QED) is 0.298. The van der Waals surface area contributed by atoms with Crippen molar-refractivity contribution in [3.8, 4) is 11.5 Å². The Kier molecular flexibility index (Phi) is 8.71. The zero-order valence-electron chi connectivity index (χ0n) is 26.1. The Bertz CT molecular complexity index is 1660. The van der Waals surface area contributed by atoms with Crippen molar-refractivity contribution < 1.29 is 52.1 Å². The number of benzene rings is 2. The maximum Gasteiger partial charge on any atom is 0.573 e. The molecule has 2 aromatic rings. The van der Waals surface area contributed by atoms with Gasteiger partial charge in [-0.1, -0.05) is 12.1 Å². The van der Waals surface area contributed by atoms with Crippen LogP contribution in [0.5, 0.6) is 11.5 Å². The number of anilines is 1. The number of halogens is 3. The fourth-order valence-electron chi connectivity index (χ4n) is 7.39. The van der Waals surface area contributed by atoms with Crippen molar-refractivity contribution in [1.82, 2.24) is 10.2 Å². The molecule has 0 heterocycles. The minimum absolute atomic E-state index is 0.0213. The van der Waals surface area contributed by atoms with Crippen molar-refractivity contribution in [2.75, 3.05) is 33.1 Å². The molecule has 5 N–H and O–H groups in total. The molecule has 252 valence electrons. The second-order valence-corrected chi connectivity index (χ2v) is 12.7. The van der Waals surface area contributed by atoms with E-state index in [0.717, 1.165) is 0 Å². The van der Waals surface area contributed by atoms with Crippen LogP contribution in [0, 0.1) is 23.7 Å². The first-order chi connectivity index (χ1) is 21.9. The van der Waals surface area contributed by atoms with Crippen LogP contribution in [0.15, 0.2) is 30.3 Å². The number of rotatable bonds is 8. The van der Waals surface area contributed by atoms with Crippen LogP contribution in [0.3, 0.4) is 0 Å². The molecule has 12 nitrogen and oxygen atoms in total. The van der Waals surface area contributed by atoms with Crippen LogP contribution < -0.4 is 20.7 Å². The number of carbonyl (C=O) groups is 5. The molecule has 3 aliphatic rings. The summed E-state index contributed by atoms with van der Waals surface area (Å²) < 4.78 is 41.3. The molecule has 0 radical (unpaired) electrons. The summed E-state index contributed by atoms with van der Waals surface area (Å²) in [6.07, 6.45) is -4.76. The number of nitrogens with one attached hydrogen (secondary N) is 1. The van der Waals surface area contributed by atoms with Crippen molar-refractivity contribution in [3.63, 3.8) is 0 Å². The lowest BCUT2D eigenvalue weighted by atomic mass is 9.52. The highest BCUT2D eigenvalue weighted by Gasteiger charge is 2.69. The molecule has 0 saturated heterocycles. The molecule has 15 heteroatoms. The van der Waals surface area contributed by atoms with Gasteiger partial charge in [0.25, 0.3) is 0 Å². The first kappa shape index (κ1) is 34.0. The summed E-state index contributed by atoms with van der Waals surface area (Å²) in [5.41, 5.74) is 4.36. The van der Waals surface area contributed by atoms with Gasteiger partial charge in [0.1, 0.15) is 11.5 Å². The number of ketones is 4. The van der Waals surface area contributed by atoms with Gasteiger partial charge in [-0.3, -0.25) is 28.9 Å². The van der Waals surface area contributed by atoms with Crippen LogP contribution in [0.2, 0.25) is 0 Å². The Labute approximate surface area is 267 Å². The van der Waals surface area contributed by atoms with E-state index in [9.17, 15) is 47.4 Å². The third-order valence-corrected chi connectivity index (χ3v) is 9.40. The van der Waals surface area contributed by atoms with Gasteiger partial charge in [-0.25, -0.2) is 0 Å². The van der Waals surface area contributed by atoms with Crippen LogP contribution in [0.25, 0.3) is 0 Å². The number of primary amides is 1. The van der Waals surface area contributed by atoms with Crippen molar-refractivity contribution in [1.29, 1.82) is 0 Å². The van der Waals surface area contributed by atoms with Gasteiger partial charge in [0.2, 0.25) is 5.91 Å². The molecule has 0 aliphatic heterocycles. The molecule has 6 atom stereocenters. The smallest absolute Gasteiger partial charge is 0.507 e. The lowest BCUT2D eigenvalue weighted by Crippen LogP contribution is -2.74. The van der Waals surface area contributed by atoms with Crippen LogP contribution >= 0.6 is 0 Å². The summed E-state index contributed by atoms with van der Waals surface area (Å²) in [4.78, 5) is 70.3. The van der Waals surface area contributed by atoms with E-state index in [4.69, 9.17) is 5.73 Å². The molecule has 0 spiro atoms. The topological polar surface area (TPSA) is 180 Å². The number of amides is 1. The number of carbonyl (C=O) groups excluding carboxylic acids is 5. The largest absolute Gasteiger partial charge is 0.573 e. The second-order valence-electron chi connectivity index (χ2n) is 12.7. The molecular formula is C32H35F3N4O8. The normalized spacial score (nSPS) is 27.3. The highest BCUT2D eigenvalue weighted by Crippen LogP contribution is 2.52. The number of likely N-dealkylation sites (N-methyl/N-ethyl adjacent to an activating group) is 1. The fraction of sp³-hybridized carbons (Fsp3) is 0.469. The number of hydrogen-bond acceptors (Lipinski definition) is 11. The number of alkyl halides is 3. The van der Waals surface area contributed by atoms with E-state index in [-0.39, 0.29) is 42.8 Å². The highest BCUT2D eigenvalue weighted by molar-refractivity contribution is 6.32. The number of fused-ring (bicyclic) bond motifs is 3. The number of phenolic OH excluding ortho intramolecular Hbond substituents is 1. The van der Waals surface area contributed by atoms with E-state index < -0.39 is 76.5 Å². The van der Waals surface area contributed by atoms with Gasteiger partial charge in [0.15, 0.2) is 34.7 Å². The average molecular weight is 661 g/mol. The zero-order chi connectivity index (χ0) is 34.7. The first-order valence-corrected chi connectivity index (χ1v) is 14.8. The highest BCUT2D eigenvalue weighted by atomic mass is 19.4. The van der Waals surface area contributed by atoms with Gasteiger partial charge < -0.3 is 30.9 Å². The van der Waals surface area contributed by atoms with Gasteiger partial charge in [-0.05, 0) is 62.2 Å². The summed E-state index contributed by atoms with van der Waals surface area (Å²) in [5.74, 6) is -11.7. The lowest BCUT2D eigenvalue weighted by Gasteiger charge is -2.52. The molecule has 0 aromatic heterocycles. The molecule has 3 unspecified atom stereocenters. The number of hydrogen-bond donors (Lipinski definition) is 4. The van der Waals surface area contributed by atoms with Crippen molar-refractivity contribution in [2.45, 2.75) is 43.9 Å². The number of phenols is 1. The third kappa shape index (κ3) is 5.76. The Morgan fingerprint density at radius 2 is 1.70 bits per heavy atom. The van der Waals surface area contributed by atoms with Crippen LogP contribution in [0.1, 0.15) is 33.5 Å². The van der Waals surface area contributed by atoms with Gasteiger partial charge in [-0.15, -0.1) is 13.2 Å². The summed E-state index contributed by atoms with van der Waals surface area (Å²) in [5, 5.41) is 26.2. The molecule has 1 amide bonds. The Morgan fingerprint density at radius 3 is 2.26 bits per heavy atom. The Morgan fingerprint density at radius 1 is 1.06 bits per heavy atom. The minimum Gasteiger partial charge on any atom is -0.507 e. The molecule has 2 fully saturated rings. The molecular weight excluding hydrogens is 625 g/mol. The number of aliphatic hydroxyl groups is 1. The van der Waals surface area contributed by atoms with Crippen LogP contribution in [-0.4, -0.2) is 90.3 Å². The molecule has 0 bridgehead atoms.